The molecular weight excluding hydrogens is 414 g/mol. The van der Waals surface area contributed by atoms with Crippen molar-refractivity contribution < 1.29 is 23.1 Å². The molecule has 0 radical (unpaired) electrons. The van der Waals surface area contributed by atoms with Gasteiger partial charge in [-0.1, -0.05) is 37.3 Å². The lowest BCUT2D eigenvalue weighted by Gasteiger charge is -2.45. The number of aryl methyl sites for hydroxylation is 1. The number of carbonyl (C=O) groups is 1. The quantitative estimate of drug-likeness (QED) is 0.550. The molecule has 0 heterocycles. The van der Waals surface area contributed by atoms with Crippen LogP contribution in [0.2, 0.25) is 0 Å². The summed E-state index contributed by atoms with van der Waals surface area (Å²) in [5, 5.41) is 10.3. The van der Waals surface area contributed by atoms with Gasteiger partial charge in [0.15, 0.2) is 0 Å². The molecule has 31 heavy (non-hydrogen) atoms. The van der Waals surface area contributed by atoms with Gasteiger partial charge in [-0.2, -0.15) is 0 Å². The summed E-state index contributed by atoms with van der Waals surface area (Å²) in [5.74, 6) is -0.848. The number of sulfone groups is 1. The fourth-order valence-electron chi connectivity index (χ4n) is 4.28. The van der Waals surface area contributed by atoms with E-state index in [0.717, 1.165) is 12.0 Å². The molecule has 2 atom stereocenters. The molecule has 170 valence electrons. The van der Waals surface area contributed by atoms with Crippen molar-refractivity contribution in [3.05, 3.63) is 60.2 Å². The molecule has 0 aliphatic rings. The number of carboxylic acids is 1. The molecule has 0 aromatic heterocycles. The topological polar surface area (TPSA) is 83.9 Å². The molecule has 2 aromatic rings. The number of ether oxygens (including phenoxy) is 1. The van der Waals surface area contributed by atoms with Crippen LogP contribution in [0.5, 0.6) is 5.75 Å². The van der Waals surface area contributed by atoms with Crippen LogP contribution in [0, 0.1) is 0 Å². The fourth-order valence-corrected chi connectivity index (χ4v) is 6.44. The van der Waals surface area contributed by atoms with E-state index in [9.17, 15) is 18.3 Å². The zero-order chi connectivity index (χ0) is 23.2. The average Bonchev–Trinajstić information content (AvgIpc) is 2.75. The molecule has 1 N–H and O–H groups in total. The highest BCUT2D eigenvalue weighted by Crippen LogP contribution is 2.37. The minimum atomic E-state index is -4.24. The van der Waals surface area contributed by atoms with Gasteiger partial charge >= 0.3 is 5.97 Å². The van der Waals surface area contributed by atoms with E-state index in [1.807, 2.05) is 51.1 Å². The molecule has 0 saturated heterocycles. The summed E-state index contributed by atoms with van der Waals surface area (Å²) in [6.45, 7) is 7.21. The SMILES string of the molecule is CCC(C(=O)O)(N(C(C)C)C(C)CCc1ccccc1)S(=O)(=O)c1ccc(OC)cc1. The highest BCUT2D eigenvalue weighted by atomic mass is 32.2. The average molecular weight is 448 g/mol. The van der Waals surface area contributed by atoms with Gasteiger partial charge in [0.25, 0.3) is 0 Å². The molecule has 2 aromatic carbocycles. The monoisotopic (exact) mass is 447 g/mol. The van der Waals surface area contributed by atoms with Gasteiger partial charge in [0.2, 0.25) is 14.7 Å². The van der Waals surface area contributed by atoms with Crippen molar-refractivity contribution in [1.29, 1.82) is 0 Å². The van der Waals surface area contributed by atoms with Gasteiger partial charge in [0.1, 0.15) is 5.75 Å². The maximum Gasteiger partial charge on any atom is 0.340 e. The predicted octanol–water partition coefficient (Wildman–Crippen LogP) is 4.39. The van der Waals surface area contributed by atoms with Crippen molar-refractivity contribution in [2.75, 3.05) is 7.11 Å². The van der Waals surface area contributed by atoms with Crippen LogP contribution in [-0.2, 0) is 21.1 Å². The number of aliphatic carboxylic acids is 1. The van der Waals surface area contributed by atoms with Crippen molar-refractivity contribution in [2.45, 2.75) is 68.8 Å². The van der Waals surface area contributed by atoms with Crippen LogP contribution in [0.1, 0.15) is 46.1 Å². The van der Waals surface area contributed by atoms with E-state index >= 15 is 0 Å². The maximum absolute atomic E-state index is 13.8. The van der Waals surface area contributed by atoms with Crippen LogP contribution in [-0.4, -0.2) is 48.5 Å². The Bertz CT molecular complexity index is 957. The van der Waals surface area contributed by atoms with Crippen LogP contribution in [0.4, 0.5) is 0 Å². The highest BCUT2D eigenvalue weighted by Gasteiger charge is 2.56. The molecule has 0 amide bonds. The van der Waals surface area contributed by atoms with Crippen molar-refractivity contribution in [2.24, 2.45) is 0 Å². The second-order valence-electron chi connectivity index (χ2n) is 8.00. The molecule has 7 heteroatoms. The minimum Gasteiger partial charge on any atom is -0.497 e. The van der Waals surface area contributed by atoms with Crippen LogP contribution < -0.4 is 4.74 Å². The number of hydrogen-bond donors (Lipinski definition) is 1. The largest absolute Gasteiger partial charge is 0.497 e. The Hall–Kier alpha value is -2.38. The zero-order valence-electron chi connectivity index (χ0n) is 18.9. The van der Waals surface area contributed by atoms with Gasteiger partial charge in [-0.25, -0.2) is 13.2 Å². The third kappa shape index (κ3) is 4.93. The van der Waals surface area contributed by atoms with E-state index in [1.54, 1.807) is 11.8 Å². The molecule has 0 saturated carbocycles. The first-order valence-corrected chi connectivity index (χ1v) is 12.0. The van der Waals surface area contributed by atoms with Crippen molar-refractivity contribution >= 4 is 15.8 Å². The second-order valence-corrected chi connectivity index (χ2v) is 10.2. The van der Waals surface area contributed by atoms with E-state index in [-0.39, 0.29) is 23.4 Å². The van der Waals surface area contributed by atoms with Gasteiger partial charge in [-0.15, -0.1) is 0 Å². The number of nitrogens with zero attached hydrogens (tertiary/aromatic N) is 1. The van der Waals surface area contributed by atoms with Gasteiger partial charge in [0.05, 0.1) is 12.0 Å². The van der Waals surface area contributed by atoms with Crippen LogP contribution in [0.3, 0.4) is 0 Å². The van der Waals surface area contributed by atoms with Crippen molar-refractivity contribution in [3.8, 4) is 5.75 Å². The Morgan fingerprint density at radius 3 is 2.10 bits per heavy atom. The van der Waals surface area contributed by atoms with Gasteiger partial charge in [-0.3, -0.25) is 4.90 Å². The van der Waals surface area contributed by atoms with Crippen LogP contribution in [0.15, 0.2) is 59.5 Å². The lowest BCUT2D eigenvalue weighted by molar-refractivity contribution is -0.148. The first kappa shape index (κ1) is 24.9. The molecule has 6 nitrogen and oxygen atoms in total. The van der Waals surface area contributed by atoms with E-state index in [4.69, 9.17) is 4.74 Å². The van der Waals surface area contributed by atoms with Gasteiger partial charge < -0.3 is 9.84 Å². The van der Waals surface area contributed by atoms with Gasteiger partial charge in [-0.05, 0) is 69.9 Å². The first-order valence-electron chi connectivity index (χ1n) is 10.6. The summed E-state index contributed by atoms with van der Waals surface area (Å²) in [4.78, 5) is 12.2. The Labute approximate surface area is 185 Å². The number of hydrogen-bond acceptors (Lipinski definition) is 5. The van der Waals surface area contributed by atoms with Crippen molar-refractivity contribution in [3.63, 3.8) is 0 Å². The highest BCUT2D eigenvalue weighted by molar-refractivity contribution is 7.93. The molecule has 0 fully saturated rings. The molecule has 0 bridgehead atoms. The third-order valence-corrected chi connectivity index (χ3v) is 8.23. The number of rotatable bonds is 11. The summed E-state index contributed by atoms with van der Waals surface area (Å²) >= 11 is 0. The fraction of sp³-hybridized carbons (Fsp3) is 0.458. The van der Waals surface area contributed by atoms with Crippen LogP contribution in [0.25, 0.3) is 0 Å². The lowest BCUT2D eigenvalue weighted by Crippen LogP contribution is -2.64. The normalized spacial score (nSPS) is 14.9. The Kier molecular flexibility index (Phi) is 8.26. The Balaban J connectivity index is 2.51. The number of benzene rings is 2. The summed E-state index contributed by atoms with van der Waals surface area (Å²) in [6, 6.07) is 15.2. The lowest BCUT2D eigenvalue weighted by atomic mass is 10.0. The Morgan fingerprint density at radius 2 is 1.65 bits per heavy atom. The minimum absolute atomic E-state index is 0.0292. The summed E-state index contributed by atoms with van der Waals surface area (Å²) < 4.78 is 32.7. The zero-order valence-corrected chi connectivity index (χ0v) is 19.7. The third-order valence-electron chi connectivity index (χ3n) is 5.77. The molecule has 0 spiro atoms. The smallest absolute Gasteiger partial charge is 0.340 e. The van der Waals surface area contributed by atoms with Crippen molar-refractivity contribution in [1.82, 2.24) is 4.90 Å². The molecule has 2 unspecified atom stereocenters. The van der Waals surface area contributed by atoms with Crippen LogP contribution >= 0.6 is 0 Å². The first-order chi connectivity index (χ1) is 14.6. The van der Waals surface area contributed by atoms with E-state index in [0.29, 0.717) is 12.2 Å². The molecule has 0 aliphatic carbocycles. The standard InChI is InChI=1S/C24H33NO5S/c1-6-24(23(26)27,31(28,29)22-16-14-21(30-5)15-17-22)25(18(2)3)19(4)12-13-20-10-8-7-9-11-20/h7-11,14-19H,6,12-13H2,1-5H3,(H,26,27). The van der Waals surface area contributed by atoms with Gasteiger partial charge in [0, 0.05) is 12.1 Å². The number of methoxy groups -OCH3 is 1. The molecule has 0 aliphatic heterocycles. The van der Waals surface area contributed by atoms with E-state index in [1.165, 1.54) is 31.4 Å². The summed E-state index contributed by atoms with van der Waals surface area (Å²) in [5.41, 5.74) is 1.13. The predicted molar refractivity (Wildman–Crippen MR) is 122 cm³/mol. The van der Waals surface area contributed by atoms with E-state index < -0.39 is 20.7 Å². The molecular formula is C24H33NO5S. The second kappa shape index (κ2) is 10.3. The Morgan fingerprint density at radius 1 is 1.06 bits per heavy atom. The molecule has 2 rings (SSSR count). The maximum atomic E-state index is 13.8. The summed E-state index contributed by atoms with van der Waals surface area (Å²) in [7, 11) is -2.75. The summed E-state index contributed by atoms with van der Waals surface area (Å²) in [6.07, 6.45) is 1.28. The van der Waals surface area contributed by atoms with E-state index in [2.05, 4.69) is 0 Å². The number of carboxylic acid groups (broad SMARTS) is 1.